The first-order valence-electron chi connectivity index (χ1n) is 9.06. The largest absolute Gasteiger partial charge is 0.497 e. The van der Waals surface area contributed by atoms with Crippen molar-refractivity contribution in [3.63, 3.8) is 0 Å². The summed E-state index contributed by atoms with van der Waals surface area (Å²) in [7, 11) is 1.68. The van der Waals surface area contributed by atoms with E-state index < -0.39 is 0 Å². The maximum absolute atomic E-state index is 12.3. The average Bonchev–Trinajstić information content (AvgIpc) is 3.11. The Balaban J connectivity index is 0.00000312. The highest BCUT2D eigenvalue weighted by molar-refractivity contribution is 5.85. The van der Waals surface area contributed by atoms with Crippen molar-refractivity contribution in [2.24, 2.45) is 0 Å². The molecule has 1 aromatic rings. The molecule has 1 aromatic carbocycles. The van der Waals surface area contributed by atoms with Crippen molar-refractivity contribution >= 4 is 30.7 Å². The summed E-state index contributed by atoms with van der Waals surface area (Å²) in [6.45, 7) is 7.85. The van der Waals surface area contributed by atoms with Gasteiger partial charge >= 0.3 is 0 Å². The lowest BCUT2D eigenvalue weighted by atomic mass is 10.0. The second kappa shape index (κ2) is 13.2. The molecule has 2 rings (SSSR count). The van der Waals surface area contributed by atoms with E-state index >= 15 is 0 Å². The monoisotopic (exact) mass is 405 g/mol. The van der Waals surface area contributed by atoms with Crippen molar-refractivity contribution < 1.29 is 9.53 Å². The summed E-state index contributed by atoms with van der Waals surface area (Å²) < 4.78 is 5.35. The van der Waals surface area contributed by atoms with E-state index in [0.717, 1.165) is 31.8 Å². The number of carbonyl (C=O) groups excluding carboxylic acids is 1. The molecule has 1 heterocycles. The van der Waals surface area contributed by atoms with Gasteiger partial charge in [0.05, 0.1) is 13.2 Å². The fraction of sp³-hybridized carbons (Fsp3) is 0.632. The highest BCUT2D eigenvalue weighted by atomic mass is 35.5. The normalized spacial score (nSPS) is 17.2. The van der Waals surface area contributed by atoms with Gasteiger partial charge < -0.3 is 15.4 Å². The number of amides is 1. The summed E-state index contributed by atoms with van der Waals surface area (Å²) in [6.07, 6.45) is 2.84. The highest BCUT2D eigenvalue weighted by Crippen LogP contribution is 2.24. The van der Waals surface area contributed by atoms with Crippen LogP contribution in [0.2, 0.25) is 0 Å². The van der Waals surface area contributed by atoms with Crippen molar-refractivity contribution in [2.75, 3.05) is 33.3 Å². The number of halogens is 2. The molecule has 0 spiro atoms. The third-order valence-electron chi connectivity index (χ3n) is 4.82. The number of hydrogen-bond donors (Lipinski definition) is 2. The van der Waals surface area contributed by atoms with Gasteiger partial charge in [-0.2, -0.15) is 0 Å². The van der Waals surface area contributed by atoms with Gasteiger partial charge in [0.2, 0.25) is 5.91 Å². The van der Waals surface area contributed by atoms with Crippen LogP contribution in [0.3, 0.4) is 0 Å². The Kier molecular flexibility index (Phi) is 12.7. The van der Waals surface area contributed by atoms with Gasteiger partial charge in [0.15, 0.2) is 0 Å². The molecule has 1 saturated heterocycles. The summed E-state index contributed by atoms with van der Waals surface area (Å²) >= 11 is 0. The van der Waals surface area contributed by atoms with Gasteiger partial charge in [-0.3, -0.25) is 9.69 Å². The minimum atomic E-state index is 0. The van der Waals surface area contributed by atoms with E-state index in [1.54, 1.807) is 7.11 Å². The van der Waals surface area contributed by atoms with Crippen LogP contribution in [0.1, 0.15) is 44.7 Å². The lowest BCUT2D eigenvalue weighted by Crippen LogP contribution is -2.39. The van der Waals surface area contributed by atoms with E-state index in [2.05, 4.69) is 41.5 Å². The minimum Gasteiger partial charge on any atom is -0.497 e. The molecular formula is C19H33Cl2N3O2. The Morgan fingerprint density at radius 1 is 1.35 bits per heavy atom. The molecule has 1 fully saturated rings. The minimum absolute atomic E-state index is 0. The van der Waals surface area contributed by atoms with Crippen LogP contribution in [-0.2, 0) is 4.79 Å². The maximum atomic E-state index is 12.3. The van der Waals surface area contributed by atoms with Gasteiger partial charge in [-0.15, -0.1) is 24.8 Å². The molecule has 2 atom stereocenters. The van der Waals surface area contributed by atoms with Crippen LogP contribution in [0.15, 0.2) is 24.3 Å². The van der Waals surface area contributed by atoms with Crippen LogP contribution in [0, 0.1) is 0 Å². The predicted octanol–water partition coefficient (Wildman–Crippen LogP) is 3.18. The van der Waals surface area contributed by atoms with E-state index in [4.69, 9.17) is 4.74 Å². The van der Waals surface area contributed by atoms with Gasteiger partial charge in [-0.1, -0.05) is 26.0 Å². The molecule has 1 aliphatic heterocycles. The van der Waals surface area contributed by atoms with Crippen LogP contribution < -0.4 is 15.4 Å². The molecule has 5 nitrogen and oxygen atoms in total. The zero-order valence-corrected chi connectivity index (χ0v) is 17.6. The van der Waals surface area contributed by atoms with Crippen LogP contribution in [0.5, 0.6) is 5.75 Å². The van der Waals surface area contributed by atoms with Crippen molar-refractivity contribution in [1.82, 2.24) is 15.5 Å². The van der Waals surface area contributed by atoms with E-state index in [-0.39, 0.29) is 36.8 Å². The average molecular weight is 406 g/mol. The SMILES string of the molecule is CCN(CC)C(CNC(=O)CC1CCCN1)c1cccc(OC)c1.Cl.Cl. The molecule has 0 aromatic heterocycles. The first kappa shape index (κ1) is 25.0. The van der Waals surface area contributed by atoms with Crippen LogP contribution in [0.4, 0.5) is 0 Å². The number of likely N-dealkylation sites (N-methyl/N-ethyl adjacent to an activating group) is 1. The Labute approximate surface area is 170 Å². The van der Waals surface area contributed by atoms with E-state index in [9.17, 15) is 4.79 Å². The van der Waals surface area contributed by atoms with Crippen molar-refractivity contribution in [1.29, 1.82) is 0 Å². The third-order valence-corrected chi connectivity index (χ3v) is 4.82. The summed E-state index contributed by atoms with van der Waals surface area (Å²) in [4.78, 5) is 14.6. The molecular weight excluding hydrogens is 373 g/mol. The highest BCUT2D eigenvalue weighted by Gasteiger charge is 2.21. The fourth-order valence-corrected chi connectivity index (χ4v) is 3.41. The number of benzene rings is 1. The van der Waals surface area contributed by atoms with Crippen LogP contribution in [-0.4, -0.2) is 50.1 Å². The molecule has 0 bridgehead atoms. The molecule has 0 radical (unpaired) electrons. The molecule has 150 valence electrons. The number of nitrogens with one attached hydrogen (secondary N) is 2. The molecule has 1 aliphatic rings. The second-order valence-electron chi connectivity index (χ2n) is 6.32. The number of carbonyl (C=O) groups is 1. The first-order valence-corrected chi connectivity index (χ1v) is 9.06. The van der Waals surface area contributed by atoms with Gasteiger partial charge in [0.25, 0.3) is 0 Å². The number of nitrogens with zero attached hydrogens (tertiary/aromatic N) is 1. The summed E-state index contributed by atoms with van der Waals surface area (Å²) in [6, 6.07) is 8.63. The fourth-order valence-electron chi connectivity index (χ4n) is 3.41. The smallest absolute Gasteiger partial charge is 0.221 e. The van der Waals surface area contributed by atoms with Crippen molar-refractivity contribution in [3.8, 4) is 5.75 Å². The summed E-state index contributed by atoms with van der Waals surface area (Å²) in [5.74, 6) is 0.987. The Morgan fingerprint density at radius 2 is 2.08 bits per heavy atom. The van der Waals surface area contributed by atoms with Crippen LogP contribution >= 0.6 is 24.8 Å². The van der Waals surface area contributed by atoms with Crippen molar-refractivity contribution in [3.05, 3.63) is 29.8 Å². The topological polar surface area (TPSA) is 53.6 Å². The summed E-state index contributed by atoms with van der Waals surface area (Å²) in [5, 5.41) is 6.51. The Hall–Kier alpha value is -1.01. The first-order chi connectivity index (χ1) is 11.7. The zero-order valence-electron chi connectivity index (χ0n) is 16.0. The van der Waals surface area contributed by atoms with Gasteiger partial charge in [-0.25, -0.2) is 0 Å². The number of ether oxygens (including phenoxy) is 1. The second-order valence-corrected chi connectivity index (χ2v) is 6.32. The third kappa shape index (κ3) is 7.31. The van der Waals surface area contributed by atoms with E-state index in [1.807, 2.05) is 12.1 Å². The van der Waals surface area contributed by atoms with E-state index in [0.29, 0.717) is 19.0 Å². The molecule has 7 heteroatoms. The van der Waals surface area contributed by atoms with Crippen molar-refractivity contribution in [2.45, 2.75) is 45.2 Å². The van der Waals surface area contributed by atoms with E-state index in [1.165, 1.54) is 12.0 Å². The molecule has 2 unspecified atom stereocenters. The Bertz CT molecular complexity index is 521. The molecule has 1 amide bonds. The van der Waals surface area contributed by atoms with Gasteiger partial charge in [0, 0.05) is 19.0 Å². The molecule has 2 N–H and O–H groups in total. The number of methoxy groups -OCH3 is 1. The number of rotatable bonds is 9. The van der Waals surface area contributed by atoms with Crippen LogP contribution in [0.25, 0.3) is 0 Å². The molecule has 26 heavy (non-hydrogen) atoms. The van der Waals surface area contributed by atoms with Gasteiger partial charge in [0.1, 0.15) is 5.75 Å². The zero-order chi connectivity index (χ0) is 17.4. The molecule has 0 aliphatic carbocycles. The molecule has 0 saturated carbocycles. The lowest BCUT2D eigenvalue weighted by molar-refractivity contribution is -0.121. The summed E-state index contributed by atoms with van der Waals surface area (Å²) in [5.41, 5.74) is 1.18. The number of hydrogen-bond acceptors (Lipinski definition) is 4. The quantitative estimate of drug-likeness (QED) is 0.662. The maximum Gasteiger partial charge on any atom is 0.221 e. The lowest BCUT2D eigenvalue weighted by Gasteiger charge is -2.30. The van der Waals surface area contributed by atoms with Gasteiger partial charge in [-0.05, 0) is 50.2 Å². The standard InChI is InChI=1S/C19H31N3O2.2ClH/c1-4-22(5-2)18(15-8-6-10-17(12-15)24-3)14-21-19(23)13-16-9-7-11-20-16;;/h6,8,10,12,16,18,20H,4-5,7,9,11,13-14H2,1-3H3,(H,21,23);2*1H. The predicted molar refractivity (Wildman–Crippen MR) is 112 cm³/mol. The Morgan fingerprint density at radius 3 is 2.65 bits per heavy atom.